The Bertz CT molecular complexity index is 1340. The van der Waals surface area contributed by atoms with E-state index in [-0.39, 0.29) is 23.9 Å². The number of likely N-dealkylation sites (N-methyl/N-ethyl adjacent to an activating group) is 1. The van der Waals surface area contributed by atoms with Gasteiger partial charge < -0.3 is 10.2 Å². The summed E-state index contributed by atoms with van der Waals surface area (Å²) in [6, 6.07) is 19.5. The van der Waals surface area contributed by atoms with E-state index in [1.165, 1.54) is 11.9 Å². The maximum Gasteiger partial charge on any atom is 0.243 e. The van der Waals surface area contributed by atoms with Crippen molar-refractivity contribution in [3.05, 3.63) is 77.9 Å². The summed E-state index contributed by atoms with van der Waals surface area (Å²) in [6.45, 7) is 6.24. The maximum absolute atomic E-state index is 13.6. The molecular formula is C29H37N3O4S. The minimum Gasteiger partial charge on any atom is -0.354 e. The lowest BCUT2D eigenvalue weighted by Gasteiger charge is -2.32. The molecule has 1 atom stereocenters. The molecule has 0 aliphatic heterocycles. The van der Waals surface area contributed by atoms with Gasteiger partial charge in [-0.05, 0) is 48.2 Å². The summed E-state index contributed by atoms with van der Waals surface area (Å²) in [7, 11) is -2.53. The smallest absolute Gasteiger partial charge is 0.243 e. The summed E-state index contributed by atoms with van der Waals surface area (Å²) in [5, 5.41) is 4.67. The molecule has 0 bridgehead atoms. The molecule has 0 saturated carbocycles. The van der Waals surface area contributed by atoms with Crippen molar-refractivity contribution in [1.82, 2.24) is 14.5 Å². The number of aryl methyl sites for hydroxylation is 1. The third-order valence-electron chi connectivity index (χ3n) is 6.44. The van der Waals surface area contributed by atoms with Crippen LogP contribution >= 0.6 is 0 Å². The van der Waals surface area contributed by atoms with Crippen LogP contribution in [0, 0.1) is 6.92 Å². The van der Waals surface area contributed by atoms with Crippen LogP contribution < -0.4 is 5.32 Å². The van der Waals surface area contributed by atoms with Crippen LogP contribution in [0.4, 0.5) is 0 Å². The maximum atomic E-state index is 13.6. The Morgan fingerprint density at radius 3 is 2.35 bits per heavy atom. The molecule has 0 saturated heterocycles. The highest BCUT2D eigenvalue weighted by Gasteiger charge is 2.31. The number of fused-ring (bicyclic) bond motifs is 1. The van der Waals surface area contributed by atoms with E-state index in [2.05, 4.69) is 5.32 Å². The second kappa shape index (κ2) is 12.8. The van der Waals surface area contributed by atoms with E-state index in [0.717, 1.165) is 39.0 Å². The zero-order valence-corrected chi connectivity index (χ0v) is 22.9. The normalized spacial score (nSPS) is 12.5. The molecular weight excluding hydrogens is 486 g/mol. The molecule has 0 aliphatic rings. The van der Waals surface area contributed by atoms with Gasteiger partial charge >= 0.3 is 0 Å². The van der Waals surface area contributed by atoms with Crippen LogP contribution in [0.25, 0.3) is 10.8 Å². The van der Waals surface area contributed by atoms with Crippen LogP contribution in [-0.4, -0.2) is 55.6 Å². The first-order valence-electron chi connectivity index (χ1n) is 12.7. The molecule has 3 rings (SSSR count). The van der Waals surface area contributed by atoms with Crippen molar-refractivity contribution >= 4 is 32.6 Å². The predicted molar refractivity (Wildman–Crippen MR) is 147 cm³/mol. The molecule has 2 amide bonds. The minimum atomic E-state index is -3.92. The summed E-state index contributed by atoms with van der Waals surface area (Å²) >= 11 is 0. The number of nitrogens with zero attached hydrogens (tertiary/aromatic N) is 2. The number of hydrogen-bond acceptors (Lipinski definition) is 4. The van der Waals surface area contributed by atoms with Gasteiger partial charge in [-0.1, -0.05) is 80.4 Å². The first-order valence-corrected chi connectivity index (χ1v) is 14.2. The molecule has 8 heteroatoms. The molecule has 0 fully saturated rings. The average molecular weight is 524 g/mol. The number of rotatable bonds is 12. The zero-order valence-electron chi connectivity index (χ0n) is 22.1. The molecule has 7 nitrogen and oxygen atoms in total. The number of hydrogen-bond donors (Lipinski definition) is 1. The molecule has 0 spiro atoms. The van der Waals surface area contributed by atoms with Crippen LogP contribution in [-0.2, 0) is 26.2 Å². The molecule has 198 valence electrons. The van der Waals surface area contributed by atoms with Crippen molar-refractivity contribution in [3.63, 3.8) is 0 Å². The molecule has 0 radical (unpaired) electrons. The predicted octanol–water partition coefficient (Wildman–Crippen LogP) is 4.49. The van der Waals surface area contributed by atoms with Crippen molar-refractivity contribution in [3.8, 4) is 0 Å². The van der Waals surface area contributed by atoms with Gasteiger partial charge in [-0.2, -0.15) is 4.31 Å². The van der Waals surface area contributed by atoms with Gasteiger partial charge in [0.2, 0.25) is 21.8 Å². The number of benzene rings is 3. The largest absolute Gasteiger partial charge is 0.354 e. The molecule has 1 N–H and O–H groups in total. The quantitative estimate of drug-likeness (QED) is 0.354. The lowest BCUT2D eigenvalue weighted by atomic mass is 10.1. The van der Waals surface area contributed by atoms with Crippen molar-refractivity contribution in [2.24, 2.45) is 0 Å². The van der Waals surface area contributed by atoms with E-state index in [1.54, 1.807) is 18.2 Å². The summed E-state index contributed by atoms with van der Waals surface area (Å²) in [6.07, 6.45) is 2.21. The summed E-state index contributed by atoms with van der Waals surface area (Å²) in [5.41, 5.74) is 1.93. The van der Waals surface area contributed by atoms with Crippen LogP contribution in [0.5, 0.6) is 0 Å². The van der Waals surface area contributed by atoms with E-state index in [9.17, 15) is 18.0 Å². The van der Waals surface area contributed by atoms with Crippen LogP contribution in [0.15, 0.2) is 71.6 Å². The number of amides is 2. The van der Waals surface area contributed by atoms with Gasteiger partial charge in [-0.15, -0.1) is 0 Å². The Hall–Kier alpha value is -3.23. The molecule has 3 aromatic rings. The molecule has 0 aliphatic carbocycles. The minimum absolute atomic E-state index is 0.121. The van der Waals surface area contributed by atoms with Gasteiger partial charge in [0, 0.05) is 20.1 Å². The first kappa shape index (κ1) is 28.3. The number of carbonyl (C=O) groups is 2. The highest BCUT2D eigenvalue weighted by Crippen LogP contribution is 2.22. The number of unbranched alkanes of at least 4 members (excludes halogenated alkanes) is 1. The fourth-order valence-corrected chi connectivity index (χ4v) is 5.46. The van der Waals surface area contributed by atoms with Crippen LogP contribution in [0.3, 0.4) is 0 Å². The number of nitrogens with one attached hydrogen (secondary N) is 1. The van der Waals surface area contributed by atoms with E-state index in [1.807, 2.05) is 69.3 Å². The van der Waals surface area contributed by atoms with E-state index >= 15 is 0 Å². The topological polar surface area (TPSA) is 86.8 Å². The second-order valence-corrected chi connectivity index (χ2v) is 11.4. The Labute approximate surface area is 220 Å². The average Bonchev–Trinajstić information content (AvgIpc) is 2.88. The molecule has 0 heterocycles. The molecule has 0 unspecified atom stereocenters. The van der Waals surface area contributed by atoms with Crippen molar-refractivity contribution in [2.75, 3.05) is 20.1 Å². The standard InChI is InChI=1S/C29H37N3O4S/c1-5-7-17-30-29(34)27(6-2)32(20-23-12-10-11-22(3)18-23)28(33)21-31(4)37(35,36)26-16-15-24-13-8-9-14-25(24)19-26/h8-16,18-19,27H,5-7,17,20-21H2,1-4H3,(H,30,34)/t27-/m1/s1. The van der Waals surface area contributed by atoms with Gasteiger partial charge in [-0.3, -0.25) is 9.59 Å². The number of sulfonamides is 1. The van der Waals surface area contributed by atoms with Gasteiger partial charge in [0.25, 0.3) is 0 Å². The third kappa shape index (κ3) is 7.17. The van der Waals surface area contributed by atoms with Gasteiger partial charge in [0.05, 0.1) is 11.4 Å². The van der Waals surface area contributed by atoms with Crippen LogP contribution in [0.2, 0.25) is 0 Å². The summed E-state index contributed by atoms with van der Waals surface area (Å²) < 4.78 is 27.8. The number of carbonyl (C=O) groups excluding carboxylic acids is 2. The SMILES string of the molecule is CCCCNC(=O)[C@@H](CC)N(Cc1cccc(C)c1)C(=O)CN(C)S(=O)(=O)c1ccc2ccccc2c1. The molecule has 0 aromatic heterocycles. The fraction of sp³-hybridized carbons (Fsp3) is 0.379. The second-order valence-electron chi connectivity index (χ2n) is 9.35. The highest BCUT2D eigenvalue weighted by molar-refractivity contribution is 7.89. The lowest BCUT2D eigenvalue weighted by molar-refractivity contribution is -0.141. The monoisotopic (exact) mass is 523 g/mol. The van der Waals surface area contributed by atoms with E-state index in [0.29, 0.717) is 13.0 Å². The summed E-state index contributed by atoms with van der Waals surface area (Å²) in [4.78, 5) is 28.3. The molecule has 37 heavy (non-hydrogen) atoms. The summed E-state index contributed by atoms with van der Waals surface area (Å²) in [5.74, 6) is -0.650. The van der Waals surface area contributed by atoms with Crippen molar-refractivity contribution < 1.29 is 18.0 Å². The Morgan fingerprint density at radius 2 is 1.68 bits per heavy atom. The fourth-order valence-electron chi connectivity index (χ4n) is 4.31. The van der Waals surface area contributed by atoms with Gasteiger partial charge in [-0.25, -0.2) is 8.42 Å². The zero-order chi connectivity index (χ0) is 27.0. The lowest BCUT2D eigenvalue weighted by Crippen LogP contribution is -2.51. The molecule has 3 aromatic carbocycles. The highest BCUT2D eigenvalue weighted by atomic mass is 32.2. The van der Waals surface area contributed by atoms with E-state index < -0.39 is 22.0 Å². The van der Waals surface area contributed by atoms with E-state index in [4.69, 9.17) is 0 Å². The van der Waals surface area contributed by atoms with Crippen LogP contribution in [0.1, 0.15) is 44.2 Å². The van der Waals surface area contributed by atoms with Gasteiger partial charge in [0.15, 0.2) is 0 Å². The Morgan fingerprint density at radius 1 is 0.946 bits per heavy atom. The van der Waals surface area contributed by atoms with Crippen molar-refractivity contribution in [2.45, 2.75) is 57.5 Å². The van der Waals surface area contributed by atoms with Crippen molar-refractivity contribution in [1.29, 1.82) is 0 Å². The van der Waals surface area contributed by atoms with Gasteiger partial charge in [0.1, 0.15) is 6.04 Å². The Balaban J connectivity index is 1.86. The first-order chi connectivity index (χ1) is 17.7. The Kier molecular flexibility index (Phi) is 9.83. The third-order valence-corrected chi connectivity index (χ3v) is 8.24.